The average molecular weight is 182 g/mol. The lowest BCUT2D eigenvalue weighted by Crippen LogP contribution is -2.49. The molecule has 5 nitrogen and oxygen atoms in total. The molecule has 0 unspecified atom stereocenters. The van der Waals surface area contributed by atoms with Gasteiger partial charge in [0.25, 0.3) is 0 Å². The first kappa shape index (κ1) is 10.8. The van der Waals surface area contributed by atoms with Crippen molar-refractivity contribution in [3.8, 4) is 0 Å². The molecule has 0 saturated carbocycles. The smallest absolute Gasteiger partial charge is 0.0960 e. The second-order valence-corrected chi connectivity index (χ2v) is 4.71. The molecule has 0 aliphatic carbocycles. The van der Waals surface area contributed by atoms with Crippen LogP contribution in [0.4, 0.5) is 0 Å². The van der Waals surface area contributed by atoms with Crippen LogP contribution in [0.2, 0.25) is 0 Å². The number of quaternary nitrogens is 1. The zero-order valence-corrected chi connectivity index (χ0v) is 7.81. The second kappa shape index (κ2) is 3.48. The molecule has 0 bridgehead atoms. The van der Waals surface area contributed by atoms with Crippen molar-refractivity contribution in [2.45, 2.75) is 0 Å². The van der Waals surface area contributed by atoms with Gasteiger partial charge in [-0.15, -0.1) is 0 Å². The predicted molar refractivity (Wildman–Crippen MR) is 40.6 cm³/mol. The van der Waals surface area contributed by atoms with Gasteiger partial charge in [0.2, 0.25) is 0 Å². The molecule has 0 rings (SSSR count). The van der Waals surface area contributed by atoms with Crippen LogP contribution in [0.15, 0.2) is 0 Å². The van der Waals surface area contributed by atoms with E-state index in [-0.39, 0.29) is 12.3 Å². The highest BCUT2D eigenvalue weighted by atomic mass is 32.2. The summed E-state index contributed by atoms with van der Waals surface area (Å²) in [6.07, 6.45) is 0. The van der Waals surface area contributed by atoms with Gasteiger partial charge in [-0.2, -0.15) is 5.43 Å². The molecule has 0 saturated heterocycles. The van der Waals surface area contributed by atoms with Crippen LogP contribution in [0.1, 0.15) is 0 Å². The number of hydrogen-bond acceptors (Lipinski definition) is 4. The Hall–Kier alpha value is -0.170. The van der Waals surface area contributed by atoms with E-state index in [1.165, 1.54) is 0 Å². The lowest BCUT2D eigenvalue weighted by molar-refractivity contribution is -0.915. The fourth-order valence-corrected chi connectivity index (χ4v) is 0.847. The second-order valence-electron chi connectivity index (χ2n) is 3.18. The zero-order valence-electron chi connectivity index (χ0n) is 6.99. The van der Waals surface area contributed by atoms with Gasteiger partial charge in [0.1, 0.15) is 0 Å². The molecule has 0 aromatic carbocycles. The van der Waals surface area contributed by atoms with Gasteiger partial charge in [-0.25, -0.2) is 8.42 Å². The number of rotatable bonds is 4. The minimum Gasteiger partial charge on any atom is -0.748 e. The van der Waals surface area contributed by atoms with Crippen LogP contribution in [0.3, 0.4) is 0 Å². The molecule has 0 aromatic rings. The summed E-state index contributed by atoms with van der Waals surface area (Å²) in [6.45, 7) is 0.190. The van der Waals surface area contributed by atoms with Gasteiger partial charge in [-0.1, -0.05) is 0 Å². The molecule has 0 spiro atoms. The Morgan fingerprint density at radius 1 is 1.36 bits per heavy atom. The summed E-state index contributed by atoms with van der Waals surface area (Å²) in [5.41, 5.74) is 2.84. The Balaban J connectivity index is 3.61. The van der Waals surface area contributed by atoms with Crippen LogP contribution < -0.4 is 5.43 Å². The molecule has 6 heteroatoms. The molecule has 0 aliphatic rings. The normalized spacial score (nSPS) is 13.5. The summed E-state index contributed by atoms with van der Waals surface area (Å²) in [4.78, 5) is 0. The lowest BCUT2D eigenvalue weighted by Gasteiger charge is -2.24. The first-order valence-corrected chi connectivity index (χ1v) is 4.78. The molecule has 11 heavy (non-hydrogen) atoms. The van der Waals surface area contributed by atoms with Crippen molar-refractivity contribution in [3.63, 3.8) is 0 Å². The maximum atomic E-state index is 10.1. The van der Waals surface area contributed by atoms with Gasteiger partial charge < -0.3 is 4.55 Å². The van der Waals surface area contributed by atoms with Crippen molar-refractivity contribution >= 4 is 10.1 Å². The maximum Gasteiger partial charge on any atom is 0.0960 e. The summed E-state index contributed by atoms with van der Waals surface area (Å²) in [6, 6.07) is 0. The van der Waals surface area contributed by atoms with Crippen LogP contribution in [0, 0.1) is 0 Å². The largest absolute Gasteiger partial charge is 0.748 e. The van der Waals surface area contributed by atoms with E-state index in [0.717, 1.165) is 0 Å². The van der Waals surface area contributed by atoms with E-state index in [1.807, 2.05) is 21.1 Å². The molecule has 0 aliphatic heterocycles. The number of hydrogen-bond donors (Lipinski definition) is 1. The van der Waals surface area contributed by atoms with Crippen LogP contribution in [-0.2, 0) is 10.1 Å². The van der Waals surface area contributed by atoms with Crippen molar-refractivity contribution in [1.29, 1.82) is 0 Å². The van der Waals surface area contributed by atoms with E-state index in [4.69, 9.17) is 0 Å². The SMILES string of the molecule is C[N+](C)(C)NCCS(=O)(=O)[O-]. The van der Waals surface area contributed by atoms with E-state index < -0.39 is 10.1 Å². The quantitative estimate of drug-likeness (QED) is 0.335. The van der Waals surface area contributed by atoms with Gasteiger partial charge in [0.05, 0.1) is 43.6 Å². The Bertz CT molecular complexity index is 204. The summed E-state index contributed by atoms with van der Waals surface area (Å²) < 4.78 is 30.8. The topological polar surface area (TPSA) is 69.2 Å². The molecular weight excluding hydrogens is 168 g/mol. The highest BCUT2D eigenvalue weighted by molar-refractivity contribution is 7.85. The van der Waals surface area contributed by atoms with Gasteiger partial charge in [-0.3, -0.25) is 4.59 Å². The number of nitrogens with one attached hydrogen (secondary N) is 1. The van der Waals surface area contributed by atoms with Gasteiger partial charge in [-0.05, 0) is 0 Å². The van der Waals surface area contributed by atoms with E-state index in [9.17, 15) is 13.0 Å². The summed E-state index contributed by atoms with van der Waals surface area (Å²) in [5.74, 6) is -0.359. The number of nitrogens with zero attached hydrogens (tertiary/aromatic N) is 1. The lowest BCUT2D eigenvalue weighted by atomic mass is 10.7. The van der Waals surface area contributed by atoms with Gasteiger partial charge in [0, 0.05) is 0 Å². The third-order valence-electron chi connectivity index (χ3n) is 0.938. The molecule has 0 atom stereocenters. The maximum absolute atomic E-state index is 10.1. The Kier molecular flexibility index (Phi) is 3.43. The van der Waals surface area contributed by atoms with E-state index in [2.05, 4.69) is 5.43 Å². The monoisotopic (exact) mass is 182 g/mol. The summed E-state index contributed by atoms with van der Waals surface area (Å²) in [7, 11) is 1.46. The predicted octanol–water partition coefficient (Wildman–Crippen LogP) is -1.26. The summed E-state index contributed by atoms with van der Waals surface area (Å²) in [5, 5.41) is 0. The molecule has 68 valence electrons. The van der Waals surface area contributed by atoms with Crippen molar-refractivity contribution in [1.82, 2.24) is 5.43 Å². The summed E-state index contributed by atoms with van der Waals surface area (Å²) >= 11 is 0. The Labute approximate surface area is 67.3 Å². The van der Waals surface area contributed by atoms with Crippen molar-refractivity contribution in [2.24, 2.45) is 0 Å². The first-order valence-electron chi connectivity index (χ1n) is 3.21. The van der Waals surface area contributed by atoms with E-state index >= 15 is 0 Å². The van der Waals surface area contributed by atoms with Crippen LogP contribution in [0.25, 0.3) is 0 Å². The molecule has 0 fully saturated rings. The fraction of sp³-hybridized carbons (Fsp3) is 1.00. The fourth-order valence-electron chi connectivity index (χ4n) is 0.506. The van der Waals surface area contributed by atoms with Crippen LogP contribution in [0.5, 0.6) is 0 Å². The van der Waals surface area contributed by atoms with Crippen molar-refractivity contribution < 1.29 is 17.6 Å². The highest BCUT2D eigenvalue weighted by Crippen LogP contribution is 1.83. The van der Waals surface area contributed by atoms with E-state index in [1.54, 1.807) is 0 Å². The van der Waals surface area contributed by atoms with Crippen molar-refractivity contribution in [3.05, 3.63) is 0 Å². The average Bonchev–Trinajstić information content (AvgIpc) is 1.55. The minimum atomic E-state index is -4.07. The minimum absolute atomic E-state index is 0.190. The molecule has 0 radical (unpaired) electrons. The van der Waals surface area contributed by atoms with Gasteiger partial charge in [0.15, 0.2) is 0 Å². The zero-order chi connectivity index (χ0) is 9.12. The highest BCUT2D eigenvalue weighted by Gasteiger charge is 2.05. The first-order chi connectivity index (χ1) is 4.71. The molecular formula is C5H14N2O3S. The Morgan fingerprint density at radius 3 is 2.09 bits per heavy atom. The standard InChI is InChI=1S/C5H14N2O3S/c1-7(2,3)6-4-5-11(8,9)10/h6H,4-5H2,1-3H3. The Morgan fingerprint density at radius 2 is 1.82 bits per heavy atom. The third kappa shape index (κ3) is 9.83. The van der Waals surface area contributed by atoms with Crippen molar-refractivity contribution in [2.75, 3.05) is 33.4 Å². The third-order valence-corrected chi connectivity index (χ3v) is 1.64. The van der Waals surface area contributed by atoms with Crippen LogP contribution >= 0.6 is 0 Å². The molecule has 1 N–H and O–H groups in total. The molecule has 0 heterocycles. The van der Waals surface area contributed by atoms with E-state index in [0.29, 0.717) is 4.59 Å². The molecule has 0 amide bonds. The van der Waals surface area contributed by atoms with Gasteiger partial charge >= 0.3 is 0 Å². The van der Waals surface area contributed by atoms with Crippen LogP contribution in [-0.4, -0.2) is 51.0 Å². The molecule has 0 aromatic heterocycles.